The molecule has 0 heterocycles. The Balaban J connectivity index is 1.89. The summed E-state index contributed by atoms with van der Waals surface area (Å²) in [5.41, 5.74) is 6.30. The van der Waals surface area contributed by atoms with Gasteiger partial charge in [0.15, 0.2) is 6.61 Å². The number of nitrogens with two attached hydrogens (primary N) is 1. The first kappa shape index (κ1) is 18.2. The average molecular weight is 359 g/mol. The van der Waals surface area contributed by atoms with E-state index in [1.165, 1.54) is 24.3 Å². The molecular weight excluding hydrogens is 344 g/mol. The number of carbonyl (C=O) groups excluding carboxylic acids is 3. The van der Waals surface area contributed by atoms with Gasteiger partial charge in [-0.3, -0.25) is 9.59 Å². The van der Waals surface area contributed by atoms with Crippen LogP contribution in [0.1, 0.15) is 15.9 Å². The van der Waals surface area contributed by atoms with Crippen LogP contribution >= 0.6 is 11.6 Å². The van der Waals surface area contributed by atoms with Gasteiger partial charge in [0.05, 0.1) is 11.3 Å². The van der Waals surface area contributed by atoms with Crippen LogP contribution in [-0.2, 0) is 14.3 Å². The van der Waals surface area contributed by atoms with Crippen molar-refractivity contribution in [1.82, 2.24) is 0 Å². The summed E-state index contributed by atoms with van der Waals surface area (Å²) in [7, 11) is 0. The van der Waals surface area contributed by atoms with Gasteiger partial charge in [-0.05, 0) is 29.8 Å². The number of halogens is 1. The molecule has 0 saturated carbocycles. The molecule has 0 saturated heterocycles. The third kappa shape index (κ3) is 5.47. The molecule has 0 spiro atoms. The van der Waals surface area contributed by atoms with Crippen molar-refractivity contribution < 1.29 is 19.1 Å². The largest absolute Gasteiger partial charge is 0.452 e. The number of para-hydroxylation sites is 1. The molecular formula is C18H15ClN2O4. The fourth-order valence-corrected chi connectivity index (χ4v) is 2.14. The van der Waals surface area contributed by atoms with Crippen molar-refractivity contribution in [2.45, 2.75) is 0 Å². The Morgan fingerprint density at radius 2 is 1.76 bits per heavy atom. The topological polar surface area (TPSA) is 98.5 Å². The Labute approximate surface area is 149 Å². The standard InChI is InChI=1S/C18H15ClN2O4/c19-14-7-3-1-5-12(14)9-10-17(23)25-11-16(22)21-15-8-4-2-6-13(15)18(20)24/h1-10H,11H2,(H2,20,24)(H,21,22)/b10-9+. The summed E-state index contributed by atoms with van der Waals surface area (Å²) in [6, 6.07) is 13.2. The third-order valence-corrected chi connectivity index (χ3v) is 3.46. The summed E-state index contributed by atoms with van der Waals surface area (Å²) in [6.07, 6.45) is 2.66. The predicted octanol–water partition coefficient (Wildman–Crippen LogP) is 2.63. The first-order valence-electron chi connectivity index (χ1n) is 7.25. The molecule has 2 rings (SSSR count). The van der Waals surface area contributed by atoms with E-state index in [-0.39, 0.29) is 11.3 Å². The number of primary amides is 1. The van der Waals surface area contributed by atoms with Crippen molar-refractivity contribution in [2.75, 3.05) is 11.9 Å². The summed E-state index contributed by atoms with van der Waals surface area (Å²) in [5.74, 6) is -1.96. The Bertz CT molecular complexity index is 833. The lowest BCUT2D eigenvalue weighted by atomic mass is 10.1. The SMILES string of the molecule is NC(=O)c1ccccc1NC(=O)COC(=O)/C=C/c1ccccc1Cl. The second-order valence-corrected chi connectivity index (χ2v) is 5.33. The zero-order valence-electron chi connectivity index (χ0n) is 13.1. The van der Waals surface area contributed by atoms with Gasteiger partial charge in [-0.15, -0.1) is 0 Å². The summed E-state index contributed by atoms with van der Waals surface area (Å²) in [5, 5.41) is 2.96. The Kier molecular flexibility index (Phi) is 6.31. The molecule has 3 N–H and O–H groups in total. The number of nitrogens with one attached hydrogen (secondary N) is 1. The molecule has 2 amide bonds. The summed E-state index contributed by atoms with van der Waals surface area (Å²) >= 11 is 5.96. The maximum absolute atomic E-state index is 11.8. The fourth-order valence-electron chi connectivity index (χ4n) is 1.95. The van der Waals surface area contributed by atoms with Crippen LogP contribution in [0.2, 0.25) is 5.02 Å². The minimum atomic E-state index is -0.696. The minimum absolute atomic E-state index is 0.167. The van der Waals surface area contributed by atoms with Crippen molar-refractivity contribution in [2.24, 2.45) is 5.73 Å². The average Bonchev–Trinajstić information content (AvgIpc) is 2.59. The number of hydrogen-bond acceptors (Lipinski definition) is 4. The van der Waals surface area contributed by atoms with E-state index in [9.17, 15) is 14.4 Å². The van der Waals surface area contributed by atoms with Crippen LogP contribution < -0.4 is 11.1 Å². The first-order valence-corrected chi connectivity index (χ1v) is 7.63. The molecule has 0 atom stereocenters. The number of anilines is 1. The van der Waals surface area contributed by atoms with Gasteiger partial charge in [0.1, 0.15) is 0 Å². The van der Waals surface area contributed by atoms with Crippen molar-refractivity contribution >= 4 is 41.1 Å². The maximum Gasteiger partial charge on any atom is 0.331 e. The number of rotatable bonds is 6. The maximum atomic E-state index is 11.8. The molecule has 0 radical (unpaired) electrons. The van der Waals surface area contributed by atoms with Gasteiger partial charge in [-0.25, -0.2) is 4.79 Å². The molecule has 2 aromatic rings. The van der Waals surface area contributed by atoms with Crippen molar-refractivity contribution in [3.05, 3.63) is 70.8 Å². The second kappa shape index (κ2) is 8.65. The Morgan fingerprint density at radius 3 is 2.48 bits per heavy atom. The van der Waals surface area contributed by atoms with E-state index < -0.39 is 24.4 Å². The Morgan fingerprint density at radius 1 is 1.08 bits per heavy atom. The normalized spacial score (nSPS) is 10.4. The number of esters is 1. The number of benzene rings is 2. The van der Waals surface area contributed by atoms with Crippen molar-refractivity contribution in [3.8, 4) is 0 Å². The third-order valence-electron chi connectivity index (χ3n) is 3.12. The molecule has 0 bridgehead atoms. The van der Waals surface area contributed by atoms with E-state index >= 15 is 0 Å². The number of amides is 2. The molecule has 128 valence electrons. The quantitative estimate of drug-likeness (QED) is 0.612. The second-order valence-electron chi connectivity index (χ2n) is 4.92. The van der Waals surface area contributed by atoms with E-state index in [1.807, 2.05) is 0 Å². The van der Waals surface area contributed by atoms with E-state index in [0.29, 0.717) is 10.6 Å². The Hall–Kier alpha value is -3.12. The summed E-state index contributed by atoms with van der Waals surface area (Å²) in [4.78, 5) is 34.8. The van der Waals surface area contributed by atoms with Crippen LogP contribution in [0.4, 0.5) is 5.69 Å². The minimum Gasteiger partial charge on any atom is -0.452 e. The number of ether oxygens (including phenoxy) is 1. The van der Waals surface area contributed by atoms with E-state index in [2.05, 4.69) is 5.32 Å². The van der Waals surface area contributed by atoms with Crippen LogP contribution in [0.25, 0.3) is 6.08 Å². The number of hydrogen-bond donors (Lipinski definition) is 2. The monoisotopic (exact) mass is 358 g/mol. The molecule has 0 unspecified atom stereocenters. The lowest BCUT2D eigenvalue weighted by Gasteiger charge is -2.08. The van der Waals surface area contributed by atoms with Crippen molar-refractivity contribution in [3.63, 3.8) is 0 Å². The van der Waals surface area contributed by atoms with Gasteiger partial charge in [-0.2, -0.15) is 0 Å². The lowest BCUT2D eigenvalue weighted by Crippen LogP contribution is -2.22. The van der Waals surface area contributed by atoms with Gasteiger partial charge in [-0.1, -0.05) is 41.9 Å². The van der Waals surface area contributed by atoms with Crippen LogP contribution in [0.5, 0.6) is 0 Å². The zero-order valence-corrected chi connectivity index (χ0v) is 13.8. The molecule has 2 aromatic carbocycles. The summed E-state index contributed by atoms with van der Waals surface area (Å²) in [6.45, 7) is -0.501. The van der Waals surface area contributed by atoms with Crippen LogP contribution in [0.15, 0.2) is 54.6 Å². The van der Waals surface area contributed by atoms with E-state index in [4.69, 9.17) is 22.1 Å². The zero-order chi connectivity index (χ0) is 18.2. The summed E-state index contributed by atoms with van der Waals surface area (Å²) < 4.78 is 4.84. The molecule has 6 nitrogen and oxygen atoms in total. The predicted molar refractivity (Wildman–Crippen MR) is 95.0 cm³/mol. The molecule has 0 aromatic heterocycles. The van der Waals surface area contributed by atoms with Gasteiger partial charge < -0.3 is 15.8 Å². The van der Waals surface area contributed by atoms with E-state index in [0.717, 1.165) is 0 Å². The smallest absolute Gasteiger partial charge is 0.331 e. The van der Waals surface area contributed by atoms with Gasteiger partial charge in [0.2, 0.25) is 0 Å². The number of carbonyl (C=O) groups is 3. The van der Waals surface area contributed by atoms with Crippen LogP contribution in [0, 0.1) is 0 Å². The highest BCUT2D eigenvalue weighted by molar-refractivity contribution is 6.32. The van der Waals surface area contributed by atoms with E-state index in [1.54, 1.807) is 36.4 Å². The van der Waals surface area contributed by atoms with Crippen molar-refractivity contribution in [1.29, 1.82) is 0 Å². The van der Waals surface area contributed by atoms with Crippen LogP contribution in [-0.4, -0.2) is 24.4 Å². The lowest BCUT2D eigenvalue weighted by molar-refractivity contribution is -0.142. The highest BCUT2D eigenvalue weighted by Gasteiger charge is 2.11. The van der Waals surface area contributed by atoms with Gasteiger partial charge >= 0.3 is 5.97 Å². The highest BCUT2D eigenvalue weighted by atomic mass is 35.5. The van der Waals surface area contributed by atoms with Gasteiger partial charge in [0.25, 0.3) is 11.8 Å². The van der Waals surface area contributed by atoms with Crippen LogP contribution in [0.3, 0.4) is 0 Å². The highest BCUT2D eigenvalue weighted by Crippen LogP contribution is 2.16. The molecule has 0 aliphatic heterocycles. The molecule has 0 fully saturated rings. The molecule has 0 aliphatic carbocycles. The molecule has 0 aliphatic rings. The fraction of sp³-hybridized carbons (Fsp3) is 0.0556. The van der Waals surface area contributed by atoms with Gasteiger partial charge in [0, 0.05) is 11.1 Å². The molecule has 7 heteroatoms. The first-order chi connectivity index (χ1) is 12.0. The molecule has 25 heavy (non-hydrogen) atoms.